The number of anilines is 1. The molecule has 2 aromatic rings. The molecule has 2 rings (SSSR count). The Kier molecular flexibility index (Phi) is 4.97. The van der Waals surface area contributed by atoms with Crippen LogP contribution in [0.5, 0.6) is 0 Å². The van der Waals surface area contributed by atoms with Crippen LogP contribution < -0.4 is 5.32 Å². The molecule has 0 aliphatic carbocycles. The predicted molar refractivity (Wildman–Crippen MR) is 84.3 cm³/mol. The topological polar surface area (TPSA) is 52.9 Å². The third-order valence-corrected chi connectivity index (χ3v) is 3.42. The Labute approximate surface area is 129 Å². The molecule has 2 aromatic carbocycles. The van der Waals surface area contributed by atoms with Gasteiger partial charge in [-0.2, -0.15) is 5.26 Å². The maximum absolute atomic E-state index is 12.0. The highest BCUT2D eigenvalue weighted by molar-refractivity contribution is 6.33. The number of carbonyl (C=O) groups is 1. The van der Waals surface area contributed by atoms with Gasteiger partial charge in [0.1, 0.15) is 0 Å². The predicted octanol–water partition coefficient (Wildman–Crippen LogP) is 4.09. The van der Waals surface area contributed by atoms with E-state index >= 15 is 0 Å². The number of benzene rings is 2. The number of nitrogens with one attached hydrogen (secondary N) is 1. The molecule has 4 heteroatoms. The van der Waals surface area contributed by atoms with Gasteiger partial charge in [0.05, 0.1) is 22.3 Å². The lowest BCUT2D eigenvalue weighted by Gasteiger charge is -2.08. The summed E-state index contributed by atoms with van der Waals surface area (Å²) in [5.41, 5.74) is 3.25. The van der Waals surface area contributed by atoms with E-state index in [9.17, 15) is 4.79 Å². The van der Waals surface area contributed by atoms with Crippen molar-refractivity contribution < 1.29 is 4.79 Å². The molecule has 0 unspecified atom stereocenters. The standard InChI is InChI=1S/C17H15ClN2O/c1-12-3-2-4-13(9-12)6-8-17(21)20-16-10-14(11-19)5-7-15(16)18/h2-5,7,9-10H,6,8H2,1H3,(H,20,21). The average Bonchev–Trinajstić information content (AvgIpc) is 2.47. The van der Waals surface area contributed by atoms with Gasteiger partial charge < -0.3 is 5.32 Å². The molecule has 0 fully saturated rings. The normalized spacial score (nSPS) is 9.95. The van der Waals surface area contributed by atoms with E-state index in [4.69, 9.17) is 16.9 Å². The first-order valence-corrected chi connectivity index (χ1v) is 7.01. The molecule has 1 amide bonds. The summed E-state index contributed by atoms with van der Waals surface area (Å²) in [5.74, 6) is -0.117. The van der Waals surface area contributed by atoms with Crippen LogP contribution in [0, 0.1) is 18.3 Å². The van der Waals surface area contributed by atoms with Crippen LogP contribution in [-0.4, -0.2) is 5.91 Å². The Morgan fingerprint density at radius 1 is 1.29 bits per heavy atom. The molecular formula is C17H15ClN2O. The van der Waals surface area contributed by atoms with Crippen molar-refractivity contribution in [3.8, 4) is 6.07 Å². The number of carbonyl (C=O) groups excluding carboxylic acids is 1. The van der Waals surface area contributed by atoms with Gasteiger partial charge in [0.25, 0.3) is 0 Å². The first-order valence-electron chi connectivity index (χ1n) is 6.63. The van der Waals surface area contributed by atoms with Crippen LogP contribution in [0.1, 0.15) is 23.1 Å². The van der Waals surface area contributed by atoms with Crippen LogP contribution >= 0.6 is 11.6 Å². The van der Waals surface area contributed by atoms with Crippen LogP contribution in [0.3, 0.4) is 0 Å². The number of hydrogen-bond acceptors (Lipinski definition) is 2. The number of rotatable bonds is 4. The largest absolute Gasteiger partial charge is 0.325 e. The second-order valence-corrected chi connectivity index (χ2v) is 5.25. The van der Waals surface area contributed by atoms with E-state index in [0.29, 0.717) is 29.1 Å². The number of halogens is 1. The molecule has 0 aliphatic rings. The Morgan fingerprint density at radius 3 is 2.81 bits per heavy atom. The first kappa shape index (κ1) is 15.1. The zero-order valence-corrected chi connectivity index (χ0v) is 12.4. The smallest absolute Gasteiger partial charge is 0.224 e. The second kappa shape index (κ2) is 6.92. The highest BCUT2D eigenvalue weighted by atomic mass is 35.5. The Balaban J connectivity index is 1.98. The molecule has 0 heterocycles. The van der Waals surface area contributed by atoms with Gasteiger partial charge in [-0.15, -0.1) is 0 Å². The van der Waals surface area contributed by atoms with Gasteiger partial charge in [-0.3, -0.25) is 4.79 Å². The van der Waals surface area contributed by atoms with Crippen molar-refractivity contribution in [2.24, 2.45) is 0 Å². The highest BCUT2D eigenvalue weighted by Gasteiger charge is 2.07. The summed E-state index contributed by atoms with van der Waals surface area (Å²) in [5, 5.41) is 12.0. The molecule has 0 atom stereocenters. The monoisotopic (exact) mass is 298 g/mol. The van der Waals surface area contributed by atoms with Crippen molar-refractivity contribution in [3.63, 3.8) is 0 Å². The zero-order valence-electron chi connectivity index (χ0n) is 11.7. The summed E-state index contributed by atoms with van der Waals surface area (Å²) in [6, 6.07) is 14.9. The van der Waals surface area contributed by atoms with Gasteiger partial charge in [0.15, 0.2) is 0 Å². The summed E-state index contributed by atoms with van der Waals surface area (Å²) in [4.78, 5) is 12.0. The molecule has 0 saturated heterocycles. The quantitative estimate of drug-likeness (QED) is 0.924. The van der Waals surface area contributed by atoms with Crippen LogP contribution in [0.4, 0.5) is 5.69 Å². The maximum Gasteiger partial charge on any atom is 0.224 e. The fourth-order valence-electron chi connectivity index (χ4n) is 2.03. The lowest BCUT2D eigenvalue weighted by atomic mass is 10.1. The van der Waals surface area contributed by atoms with E-state index in [1.54, 1.807) is 18.2 Å². The van der Waals surface area contributed by atoms with Crippen LogP contribution in [-0.2, 0) is 11.2 Å². The number of amides is 1. The molecule has 0 saturated carbocycles. The van der Waals surface area contributed by atoms with Crippen molar-refractivity contribution in [3.05, 3.63) is 64.2 Å². The minimum Gasteiger partial charge on any atom is -0.325 e. The number of hydrogen-bond donors (Lipinski definition) is 1. The van der Waals surface area contributed by atoms with Crippen LogP contribution in [0.15, 0.2) is 42.5 Å². The van der Waals surface area contributed by atoms with E-state index in [-0.39, 0.29) is 5.91 Å². The van der Waals surface area contributed by atoms with Gasteiger partial charge in [0.2, 0.25) is 5.91 Å². The summed E-state index contributed by atoms with van der Waals surface area (Å²) in [6.07, 6.45) is 1.04. The van der Waals surface area contributed by atoms with E-state index in [1.807, 2.05) is 31.2 Å². The van der Waals surface area contributed by atoms with Crippen LogP contribution in [0.25, 0.3) is 0 Å². The maximum atomic E-state index is 12.0. The van der Waals surface area contributed by atoms with Crippen molar-refractivity contribution >= 4 is 23.2 Å². The fourth-order valence-corrected chi connectivity index (χ4v) is 2.19. The van der Waals surface area contributed by atoms with Crippen molar-refractivity contribution in [1.29, 1.82) is 5.26 Å². The number of nitriles is 1. The minimum atomic E-state index is -0.117. The molecular weight excluding hydrogens is 284 g/mol. The number of nitrogens with zero attached hydrogens (tertiary/aromatic N) is 1. The molecule has 106 valence electrons. The average molecular weight is 299 g/mol. The summed E-state index contributed by atoms with van der Waals surface area (Å²) >= 11 is 6.01. The van der Waals surface area contributed by atoms with E-state index in [2.05, 4.69) is 11.4 Å². The molecule has 3 nitrogen and oxygen atoms in total. The summed E-state index contributed by atoms with van der Waals surface area (Å²) < 4.78 is 0. The Bertz CT molecular complexity index is 704. The van der Waals surface area contributed by atoms with Gasteiger partial charge in [-0.05, 0) is 37.1 Å². The van der Waals surface area contributed by atoms with E-state index < -0.39 is 0 Å². The molecule has 0 bridgehead atoms. The molecule has 0 spiro atoms. The fraction of sp³-hybridized carbons (Fsp3) is 0.176. The second-order valence-electron chi connectivity index (χ2n) is 4.84. The highest BCUT2D eigenvalue weighted by Crippen LogP contribution is 2.23. The lowest BCUT2D eigenvalue weighted by molar-refractivity contribution is -0.116. The first-order chi connectivity index (χ1) is 10.1. The summed E-state index contributed by atoms with van der Waals surface area (Å²) in [6.45, 7) is 2.02. The lowest BCUT2D eigenvalue weighted by Crippen LogP contribution is -2.12. The van der Waals surface area contributed by atoms with Crippen LogP contribution in [0.2, 0.25) is 5.02 Å². The number of aryl methyl sites for hydroxylation is 2. The van der Waals surface area contributed by atoms with Gasteiger partial charge >= 0.3 is 0 Å². The van der Waals surface area contributed by atoms with E-state index in [0.717, 1.165) is 5.56 Å². The van der Waals surface area contributed by atoms with Gasteiger partial charge in [-0.1, -0.05) is 41.4 Å². The summed E-state index contributed by atoms with van der Waals surface area (Å²) in [7, 11) is 0. The molecule has 0 aliphatic heterocycles. The third-order valence-electron chi connectivity index (χ3n) is 3.09. The van der Waals surface area contributed by atoms with Gasteiger partial charge in [-0.25, -0.2) is 0 Å². The molecule has 1 N–H and O–H groups in total. The van der Waals surface area contributed by atoms with Crippen molar-refractivity contribution in [2.75, 3.05) is 5.32 Å². The molecule has 21 heavy (non-hydrogen) atoms. The van der Waals surface area contributed by atoms with Crippen molar-refractivity contribution in [2.45, 2.75) is 19.8 Å². The zero-order chi connectivity index (χ0) is 15.2. The van der Waals surface area contributed by atoms with E-state index in [1.165, 1.54) is 5.56 Å². The van der Waals surface area contributed by atoms with Crippen molar-refractivity contribution in [1.82, 2.24) is 0 Å². The molecule has 0 radical (unpaired) electrons. The van der Waals surface area contributed by atoms with Gasteiger partial charge in [0, 0.05) is 6.42 Å². The SMILES string of the molecule is Cc1cccc(CCC(=O)Nc2cc(C#N)ccc2Cl)c1. The Morgan fingerprint density at radius 2 is 2.10 bits per heavy atom. The molecule has 0 aromatic heterocycles. The minimum absolute atomic E-state index is 0.117. The Hall–Kier alpha value is -2.31. The third kappa shape index (κ3) is 4.34.